The van der Waals surface area contributed by atoms with E-state index in [1.54, 1.807) is 0 Å². The lowest BCUT2D eigenvalue weighted by Gasteiger charge is -2.15. The number of benzene rings is 6. The lowest BCUT2D eigenvalue weighted by Crippen LogP contribution is -1.88. The maximum atomic E-state index is 9.37. The molecular formula is C30H19Br. The molecule has 0 aliphatic rings. The molecule has 0 atom stereocenters. The molecule has 6 rings (SSSR count). The van der Waals surface area contributed by atoms with Gasteiger partial charge in [0.1, 0.15) is 0 Å². The summed E-state index contributed by atoms with van der Waals surface area (Å²) in [6.07, 6.45) is 0. The second-order valence-electron chi connectivity index (χ2n) is 6.52. The lowest BCUT2D eigenvalue weighted by molar-refractivity contribution is 1.63. The summed E-state index contributed by atoms with van der Waals surface area (Å²) in [6.45, 7) is 0. The van der Waals surface area contributed by atoms with Crippen molar-refractivity contribution in [3.05, 3.63) is 119 Å². The van der Waals surface area contributed by atoms with Crippen molar-refractivity contribution in [2.24, 2.45) is 0 Å². The molecule has 0 aromatic heterocycles. The Balaban J connectivity index is 1.93. The first-order chi connectivity index (χ1) is 22.8. The number of hydrogen-bond acceptors (Lipinski definition) is 0. The Morgan fingerprint density at radius 3 is 1.81 bits per heavy atom. The first kappa shape index (κ1) is 7.62. The normalized spacial score (nSPS) is 19.5. The van der Waals surface area contributed by atoms with Crippen molar-refractivity contribution in [1.82, 2.24) is 0 Å². The monoisotopic (exact) mass is 476 g/mol. The van der Waals surface area contributed by atoms with Crippen LogP contribution in [0.2, 0.25) is 0 Å². The van der Waals surface area contributed by atoms with Crippen LogP contribution in [0.3, 0.4) is 0 Å². The molecule has 0 fully saturated rings. The molecule has 0 bridgehead atoms. The Labute approximate surface area is 215 Å². The molecule has 0 saturated heterocycles. The topological polar surface area (TPSA) is 0 Å². The number of fused-ring (bicyclic) bond motifs is 3. The summed E-state index contributed by atoms with van der Waals surface area (Å²) >= 11 is 3.29. The van der Waals surface area contributed by atoms with Crippen LogP contribution in [0.4, 0.5) is 0 Å². The second kappa shape index (κ2) is 7.37. The van der Waals surface area contributed by atoms with Gasteiger partial charge in [-0.15, -0.1) is 0 Å². The van der Waals surface area contributed by atoms with Gasteiger partial charge in [-0.25, -0.2) is 0 Å². The molecule has 0 spiro atoms. The Kier molecular flexibility index (Phi) is 1.81. The van der Waals surface area contributed by atoms with Crippen LogP contribution >= 0.6 is 15.9 Å². The van der Waals surface area contributed by atoms with Gasteiger partial charge in [-0.05, 0) is 82.6 Å². The van der Waals surface area contributed by atoms with Crippen LogP contribution in [0.25, 0.3) is 54.6 Å². The lowest BCUT2D eigenvalue weighted by atomic mass is 9.90. The molecule has 0 saturated carbocycles. The van der Waals surface area contributed by atoms with E-state index in [2.05, 4.69) is 15.9 Å². The van der Waals surface area contributed by atoms with E-state index in [0.29, 0.717) is 0 Å². The third-order valence-corrected chi connectivity index (χ3v) is 5.55. The van der Waals surface area contributed by atoms with E-state index in [4.69, 9.17) is 23.3 Å². The third kappa shape index (κ3) is 3.05. The maximum absolute atomic E-state index is 9.37. The average Bonchev–Trinajstić information content (AvgIpc) is 3.06. The fourth-order valence-electron chi connectivity index (χ4n) is 3.39. The second-order valence-corrected chi connectivity index (χ2v) is 7.31. The van der Waals surface area contributed by atoms with Crippen molar-refractivity contribution in [3.63, 3.8) is 0 Å². The molecule has 6 aromatic rings. The molecule has 146 valence electrons. The molecule has 0 unspecified atom stereocenters. The van der Waals surface area contributed by atoms with Gasteiger partial charge in [-0.3, -0.25) is 0 Å². The summed E-state index contributed by atoms with van der Waals surface area (Å²) in [5, 5.41) is -1.96. The molecule has 0 nitrogen and oxygen atoms in total. The van der Waals surface area contributed by atoms with Gasteiger partial charge < -0.3 is 0 Å². The predicted octanol–water partition coefficient (Wildman–Crippen LogP) is 9.24. The van der Waals surface area contributed by atoms with Crippen molar-refractivity contribution >= 4 is 48.2 Å². The summed E-state index contributed by atoms with van der Waals surface area (Å²) in [4.78, 5) is 0. The molecule has 0 aliphatic heterocycles. The van der Waals surface area contributed by atoms with Crippen molar-refractivity contribution in [3.8, 4) is 22.3 Å². The Morgan fingerprint density at radius 1 is 0.484 bits per heavy atom. The summed E-state index contributed by atoms with van der Waals surface area (Å²) in [7, 11) is 0. The van der Waals surface area contributed by atoms with E-state index in [-0.39, 0.29) is 26.0 Å². The van der Waals surface area contributed by atoms with Crippen LogP contribution in [0.15, 0.2) is 119 Å². The maximum Gasteiger partial charge on any atom is 0.0636 e. The highest BCUT2D eigenvalue weighted by molar-refractivity contribution is 9.10. The quantitative estimate of drug-likeness (QED) is 0.218. The largest absolute Gasteiger partial charge is 0.0636 e. The van der Waals surface area contributed by atoms with Crippen LogP contribution in [0.1, 0.15) is 24.7 Å². The van der Waals surface area contributed by atoms with E-state index in [9.17, 15) is 1.37 Å². The molecule has 0 N–H and O–H groups in total. The molecular weight excluding hydrogens is 440 g/mol. The van der Waals surface area contributed by atoms with Crippen molar-refractivity contribution in [2.45, 2.75) is 0 Å². The van der Waals surface area contributed by atoms with E-state index < -0.39 is 142 Å². The highest BCUT2D eigenvalue weighted by Crippen LogP contribution is 2.42. The molecule has 0 aliphatic carbocycles. The Hall–Kier alpha value is -3.42. The van der Waals surface area contributed by atoms with E-state index in [0.717, 1.165) is 6.07 Å². The van der Waals surface area contributed by atoms with Crippen LogP contribution in [-0.4, -0.2) is 0 Å². The van der Waals surface area contributed by atoms with Gasteiger partial charge in [0.15, 0.2) is 0 Å². The van der Waals surface area contributed by atoms with Gasteiger partial charge in [0, 0.05) is 4.47 Å². The summed E-state index contributed by atoms with van der Waals surface area (Å²) in [5.41, 5.74) is -1.82. The summed E-state index contributed by atoms with van der Waals surface area (Å²) < 4.78 is 155. The standard InChI is InChI=1S/C30H19Br/c31-30-27-14-5-3-12-25(27)29(26-13-4-6-15-28(26)30)24-11-7-10-22(19-24)23-17-16-20-8-1-2-9-21(20)18-23/h1-19H/i1D,2D,3D,4D,5D,6D,7D,8D,9D,11D,12D,13D,14D,15D,16D,17D,18D,19D. The van der Waals surface area contributed by atoms with Crippen LogP contribution in [-0.2, 0) is 0 Å². The molecule has 0 amide bonds. The zero-order valence-electron chi connectivity index (χ0n) is 33.5. The first-order valence-corrected chi connectivity index (χ1v) is 9.81. The number of hydrogen-bond donors (Lipinski definition) is 0. The molecule has 0 radical (unpaired) electrons. The SMILES string of the molecule is [2H]c1cc(-c2c([2H])c([2H])c3c([2H])c([2H])c([2H])c([2H])c3c2[2H])c([2H])c(-c2c3c([2H])c([2H])c([2H])c([2H])c3c(Br)c3c([2H])c([2H])c([2H])c([2H])c23)c1[2H]. The van der Waals surface area contributed by atoms with Crippen molar-refractivity contribution in [1.29, 1.82) is 0 Å². The van der Waals surface area contributed by atoms with Crippen LogP contribution in [0.5, 0.6) is 0 Å². The summed E-state index contributed by atoms with van der Waals surface area (Å²) in [5.74, 6) is 0. The Bertz CT molecular complexity index is 2460. The zero-order valence-corrected chi connectivity index (χ0v) is 17.0. The van der Waals surface area contributed by atoms with Crippen molar-refractivity contribution in [2.75, 3.05) is 0 Å². The first-order valence-electron chi connectivity index (χ1n) is 18.0. The molecule has 1 heteroatoms. The molecule has 6 aromatic carbocycles. The number of halogens is 1. The van der Waals surface area contributed by atoms with Crippen molar-refractivity contribution < 1.29 is 24.7 Å². The Morgan fingerprint density at radius 2 is 1.10 bits per heavy atom. The fourth-order valence-corrected chi connectivity index (χ4v) is 3.98. The van der Waals surface area contributed by atoms with Gasteiger partial charge >= 0.3 is 0 Å². The van der Waals surface area contributed by atoms with Gasteiger partial charge in [0.25, 0.3) is 0 Å². The fraction of sp³-hybridized carbons (Fsp3) is 0. The molecule has 31 heavy (non-hydrogen) atoms. The zero-order chi connectivity index (χ0) is 36.5. The number of rotatable bonds is 2. The smallest absolute Gasteiger partial charge is 0.0616 e. The highest BCUT2D eigenvalue weighted by atomic mass is 79.9. The van der Waals surface area contributed by atoms with Gasteiger partial charge in [0.2, 0.25) is 0 Å². The third-order valence-electron chi connectivity index (χ3n) is 4.76. The highest BCUT2D eigenvalue weighted by Gasteiger charge is 2.14. The average molecular weight is 477 g/mol. The van der Waals surface area contributed by atoms with Crippen LogP contribution in [0, 0.1) is 0 Å². The van der Waals surface area contributed by atoms with E-state index >= 15 is 0 Å². The summed E-state index contributed by atoms with van der Waals surface area (Å²) in [6, 6.07) is -11.2. The van der Waals surface area contributed by atoms with E-state index in [1.807, 2.05) is 0 Å². The van der Waals surface area contributed by atoms with E-state index in [1.165, 1.54) is 0 Å². The minimum Gasteiger partial charge on any atom is -0.0616 e. The van der Waals surface area contributed by atoms with Gasteiger partial charge in [-0.1, -0.05) is 103 Å². The molecule has 0 heterocycles. The van der Waals surface area contributed by atoms with Crippen LogP contribution < -0.4 is 0 Å². The minimum absolute atomic E-state index is 0.107. The van der Waals surface area contributed by atoms with Gasteiger partial charge in [0.05, 0.1) is 24.7 Å². The predicted molar refractivity (Wildman–Crippen MR) is 138 cm³/mol. The van der Waals surface area contributed by atoms with Gasteiger partial charge in [-0.2, -0.15) is 0 Å². The minimum atomic E-state index is -0.728.